The monoisotopic (exact) mass is 271 g/mol. The Morgan fingerprint density at radius 1 is 1.60 bits per heavy atom. The summed E-state index contributed by atoms with van der Waals surface area (Å²) in [6, 6.07) is 4.95. The predicted molar refractivity (Wildman–Crippen MR) is 62.9 cm³/mol. The summed E-state index contributed by atoms with van der Waals surface area (Å²) < 4.78 is 0.992. The third kappa shape index (κ3) is 3.04. The molecule has 1 aromatic rings. The maximum Gasteiger partial charge on any atom is 0.325 e. The van der Waals surface area contributed by atoms with E-state index in [0.717, 1.165) is 15.6 Å². The molecule has 1 unspecified atom stereocenters. The van der Waals surface area contributed by atoms with Crippen LogP contribution in [0.25, 0.3) is 0 Å². The molecular weight excluding hydrogens is 258 g/mol. The lowest BCUT2D eigenvalue weighted by Gasteiger charge is -2.14. The van der Waals surface area contributed by atoms with Gasteiger partial charge >= 0.3 is 5.97 Å². The van der Waals surface area contributed by atoms with Crippen LogP contribution < -0.4 is 5.32 Å². The van der Waals surface area contributed by atoms with Crippen LogP contribution in [0, 0.1) is 6.92 Å². The number of likely N-dealkylation sites (N-methyl/N-ethyl adjacent to an activating group) is 1. The Morgan fingerprint density at radius 2 is 2.27 bits per heavy atom. The molecule has 0 radical (unpaired) electrons. The normalized spacial score (nSPS) is 12.5. The molecule has 4 heteroatoms. The molecule has 15 heavy (non-hydrogen) atoms. The summed E-state index contributed by atoms with van der Waals surface area (Å²) in [5.41, 5.74) is 1.82. The molecule has 1 rings (SSSR count). The second kappa shape index (κ2) is 5.28. The van der Waals surface area contributed by atoms with Gasteiger partial charge in [-0.2, -0.15) is 0 Å². The first-order valence-electron chi connectivity index (χ1n) is 4.78. The van der Waals surface area contributed by atoms with Crippen LogP contribution in [0.4, 0.5) is 0 Å². The zero-order valence-electron chi connectivity index (χ0n) is 8.75. The number of carbonyl (C=O) groups is 1. The van der Waals surface area contributed by atoms with Crippen molar-refractivity contribution in [2.45, 2.75) is 19.9 Å². The number of hydrogen-bond acceptors (Lipinski definition) is 2. The Morgan fingerprint density at radius 3 is 2.73 bits per heavy atom. The number of carboxylic acids is 1. The SMILES string of the molecule is CCNC(C(=O)O)c1ccc(Br)c(C)c1. The maximum absolute atomic E-state index is 11.0. The van der Waals surface area contributed by atoms with Gasteiger partial charge in [0.2, 0.25) is 0 Å². The lowest BCUT2D eigenvalue weighted by molar-refractivity contribution is -0.139. The Labute approximate surface area is 97.6 Å². The van der Waals surface area contributed by atoms with Gasteiger partial charge in [0.15, 0.2) is 0 Å². The van der Waals surface area contributed by atoms with Crippen molar-refractivity contribution in [1.29, 1.82) is 0 Å². The van der Waals surface area contributed by atoms with Gasteiger partial charge in [-0.3, -0.25) is 4.79 Å². The number of nitrogens with one attached hydrogen (secondary N) is 1. The number of halogens is 1. The van der Waals surface area contributed by atoms with Gasteiger partial charge in [0.05, 0.1) is 0 Å². The van der Waals surface area contributed by atoms with E-state index in [2.05, 4.69) is 21.2 Å². The minimum Gasteiger partial charge on any atom is -0.480 e. The number of rotatable bonds is 4. The van der Waals surface area contributed by atoms with E-state index < -0.39 is 12.0 Å². The highest BCUT2D eigenvalue weighted by Gasteiger charge is 2.18. The van der Waals surface area contributed by atoms with Crippen molar-refractivity contribution in [1.82, 2.24) is 5.32 Å². The molecule has 82 valence electrons. The predicted octanol–water partition coefficient (Wildman–Crippen LogP) is 2.49. The van der Waals surface area contributed by atoms with Gasteiger partial charge in [-0.25, -0.2) is 0 Å². The van der Waals surface area contributed by atoms with E-state index in [0.29, 0.717) is 6.54 Å². The quantitative estimate of drug-likeness (QED) is 0.885. The van der Waals surface area contributed by atoms with E-state index in [1.165, 1.54) is 0 Å². The lowest BCUT2D eigenvalue weighted by atomic mass is 10.0. The first-order chi connectivity index (χ1) is 7.06. The van der Waals surface area contributed by atoms with Crippen molar-refractivity contribution >= 4 is 21.9 Å². The number of aliphatic carboxylic acids is 1. The molecule has 0 aliphatic carbocycles. The molecule has 0 spiro atoms. The van der Waals surface area contributed by atoms with Gasteiger partial charge in [0, 0.05) is 4.47 Å². The molecular formula is C11H14BrNO2. The van der Waals surface area contributed by atoms with Crippen molar-refractivity contribution in [3.8, 4) is 0 Å². The fourth-order valence-corrected chi connectivity index (χ4v) is 1.65. The minimum atomic E-state index is -0.849. The summed E-state index contributed by atoms with van der Waals surface area (Å²) in [6.07, 6.45) is 0. The summed E-state index contributed by atoms with van der Waals surface area (Å²) in [5.74, 6) is -0.849. The Balaban J connectivity index is 3.01. The zero-order chi connectivity index (χ0) is 11.4. The average molecular weight is 272 g/mol. The lowest BCUT2D eigenvalue weighted by Crippen LogP contribution is -2.28. The first-order valence-corrected chi connectivity index (χ1v) is 5.57. The van der Waals surface area contributed by atoms with Crippen molar-refractivity contribution in [3.05, 3.63) is 33.8 Å². The van der Waals surface area contributed by atoms with Gasteiger partial charge in [0.1, 0.15) is 6.04 Å². The largest absolute Gasteiger partial charge is 0.480 e. The molecule has 0 saturated heterocycles. The van der Waals surface area contributed by atoms with E-state index in [1.54, 1.807) is 0 Å². The Kier molecular flexibility index (Phi) is 4.29. The molecule has 0 heterocycles. The van der Waals surface area contributed by atoms with Crippen molar-refractivity contribution in [2.75, 3.05) is 6.54 Å². The molecule has 0 aliphatic rings. The van der Waals surface area contributed by atoms with E-state index in [1.807, 2.05) is 32.0 Å². The molecule has 0 aromatic heterocycles. The molecule has 1 atom stereocenters. The highest BCUT2D eigenvalue weighted by Crippen LogP contribution is 2.21. The fraction of sp³-hybridized carbons (Fsp3) is 0.364. The van der Waals surface area contributed by atoms with Gasteiger partial charge in [-0.05, 0) is 30.7 Å². The summed E-state index contributed by atoms with van der Waals surface area (Å²) in [4.78, 5) is 11.0. The third-order valence-corrected chi connectivity index (χ3v) is 3.06. The molecule has 0 bridgehead atoms. The second-order valence-electron chi connectivity index (χ2n) is 3.34. The smallest absolute Gasteiger partial charge is 0.325 e. The first kappa shape index (κ1) is 12.2. The van der Waals surface area contributed by atoms with Crippen LogP contribution in [-0.2, 0) is 4.79 Å². The van der Waals surface area contributed by atoms with Crippen LogP contribution in [0.3, 0.4) is 0 Å². The highest BCUT2D eigenvalue weighted by molar-refractivity contribution is 9.10. The molecule has 0 fully saturated rings. The van der Waals surface area contributed by atoms with Crippen LogP contribution in [0.2, 0.25) is 0 Å². The molecule has 2 N–H and O–H groups in total. The van der Waals surface area contributed by atoms with Crippen molar-refractivity contribution < 1.29 is 9.90 Å². The van der Waals surface area contributed by atoms with Gasteiger partial charge in [-0.15, -0.1) is 0 Å². The minimum absolute atomic E-state index is 0.623. The van der Waals surface area contributed by atoms with Crippen LogP contribution in [0.15, 0.2) is 22.7 Å². The zero-order valence-corrected chi connectivity index (χ0v) is 10.3. The van der Waals surface area contributed by atoms with E-state index in [-0.39, 0.29) is 0 Å². The van der Waals surface area contributed by atoms with E-state index >= 15 is 0 Å². The van der Waals surface area contributed by atoms with Crippen LogP contribution in [0.5, 0.6) is 0 Å². The van der Waals surface area contributed by atoms with Crippen LogP contribution >= 0.6 is 15.9 Å². The highest BCUT2D eigenvalue weighted by atomic mass is 79.9. The summed E-state index contributed by atoms with van der Waals surface area (Å²) in [6.45, 7) is 4.46. The molecule has 3 nitrogen and oxygen atoms in total. The second-order valence-corrected chi connectivity index (χ2v) is 4.19. The number of carboxylic acid groups (broad SMARTS) is 1. The number of benzene rings is 1. The molecule has 1 aromatic carbocycles. The van der Waals surface area contributed by atoms with Gasteiger partial charge in [-0.1, -0.05) is 35.0 Å². The Bertz CT molecular complexity index is 366. The van der Waals surface area contributed by atoms with Crippen molar-refractivity contribution in [3.63, 3.8) is 0 Å². The summed E-state index contributed by atoms with van der Waals surface area (Å²) >= 11 is 3.39. The third-order valence-electron chi connectivity index (χ3n) is 2.17. The van der Waals surface area contributed by atoms with E-state index in [4.69, 9.17) is 5.11 Å². The van der Waals surface area contributed by atoms with Crippen LogP contribution in [0.1, 0.15) is 24.1 Å². The number of aryl methyl sites for hydroxylation is 1. The average Bonchev–Trinajstić information content (AvgIpc) is 2.18. The molecule has 0 aliphatic heterocycles. The van der Waals surface area contributed by atoms with Crippen molar-refractivity contribution in [2.24, 2.45) is 0 Å². The summed E-state index contributed by atoms with van der Waals surface area (Å²) in [5, 5.41) is 12.0. The van der Waals surface area contributed by atoms with Gasteiger partial charge in [0.25, 0.3) is 0 Å². The summed E-state index contributed by atoms with van der Waals surface area (Å²) in [7, 11) is 0. The van der Waals surface area contributed by atoms with E-state index in [9.17, 15) is 4.79 Å². The fourth-order valence-electron chi connectivity index (χ4n) is 1.40. The van der Waals surface area contributed by atoms with Crippen LogP contribution in [-0.4, -0.2) is 17.6 Å². The Hall–Kier alpha value is -0.870. The topological polar surface area (TPSA) is 49.3 Å². The molecule has 0 saturated carbocycles. The standard InChI is InChI=1S/C11H14BrNO2/c1-3-13-10(11(14)15)8-4-5-9(12)7(2)6-8/h4-6,10,13H,3H2,1-2H3,(H,14,15). The molecule has 0 amide bonds. The maximum atomic E-state index is 11.0. The van der Waals surface area contributed by atoms with Gasteiger partial charge < -0.3 is 10.4 Å². The number of hydrogen-bond donors (Lipinski definition) is 2.